The molecule has 1 aliphatic carbocycles. The summed E-state index contributed by atoms with van der Waals surface area (Å²) >= 11 is 5.75. The van der Waals surface area contributed by atoms with Crippen molar-refractivity contribution in [2.24, 2.45) is 0 Å². The minimum Gasteiger partial charge on any atom is -0.397 e. The van der Waals surface area contributed by atoms with E-state index in [4.69, 9.17) is 17.3 Å². The van der Waals surface area contributed by atoms with Gasteiger partial charge in [-0.1, -0.05) is 11.6 Å². The molecule has 0 spiro atoms. The van der Waals surface area contributed by atoms with Crippen LogP contribution in [-0.2, 0) is 4.79 Å². The summed E-state index contributed by atoms with van der Waals surface area (Å²) in [6.07, 6.45) is 1.58. The molecule has 0 saturated heterocycles. The fraction of sp³-hybridized carbons (Fsp3) is 0.417. The second-order valence-corrected chi connectivity index (χ2v) is 4.77. The summed E-state index contributed by atoms with van der Waals surface area (Å²) in [6.45, 7) is 0.370. The van der Waals surface area contributed by atoms with Crippen molar-refractivity contribution in [3.63, 3.8) is 0 Å². The number of hydrogen-bond donors (Lipinski definition) is 1. The third-order valence-corrected chi connectivity index (χ3v) is 3.31. The first kappa shape index (κ1) is 13.1. The molecule has 0 atom stereocenters. The van der Waals surface area contributed by atoms with Crippen LogP contribution in [0.25, 0.3) is 0 Å². The highest BCUT2D eigenvalue weighted by molar-refractivity contribution is 6.31. The quantitative estimate of drug-likeness (QED) is 0.862. The van der Waals surface area contributed by atoms with E-state index in [0.29, 0.717) is 5.69 Å². The number of nitrogens with two attached hydrogens (primary N) is 1. The maximum Gasteiger partial charge on any atom is 0.258 e. The van der Waals surface area contributed by atoms with E-state index in [1.54, 1.807) is 0 Å². The molecule has 3 nitrogen and oxygen atoms in total. The number of nitrogens with zero attached hydrogens (tertiary/aromatic N) is 1. The smallest absolute Gasteiger partial charge is 0.258 e. The molecule has 0 aromatic heterocycles. The van der Waals surface area contributed by atoms with Gasteiger partial charge in [-0.2, -0.15) is 0 Å². The van der Waals surface area contributed by atoms with Crippen LogP contribution in [0.2, 0.25) is 5.02 Å². The molecule has 2 N–H and O–H groups in total. The van der Waals surface area contributed by atoms with Gasteiger partial charge in [0.15, 0.2) is 6.67 Å². The van der Waals surface area contributed by atoms with Gasteiger partial charge in [-0.15, -0.1) is 0 Å². The molecule has 0 heterocycles. The van der Waals surface area contributed by atoms with Crippen LogP contribution in [0, 0.1) is 12.7 Å². The molecule has 1 amide bonds. The zero-order chi connectivity index (χ0) is 13.4. The fourth-order valence-corrected chi connectivity index (χ4v) is 2.13. The Bertz CT molecular complexity index is 503. The van der Waals surface area contributed by atoms with Gasteiger partial charge in [-0.25, -0.2) is 8.78 Å². The van der Waals surface area contributed by atoms with E-state index in [9.17, 15) is 13.6 Å². The molecule has 1 aliphatic rings. The Kier molecular flexibility index (Phi) is 3.43. The number of halogens is 3. The molecule has 18 heavy (non-hydrogen) atoms. The average Bonchev–Trinajstić information content (AvgIpc) is 3.17. The number of nitrogen functional groups attached to an aromatic ring is 1. The lowest BCUT2D eigenvalue weighted by molar-refractivity contribution is -0.119. The molecule has 2 rings (SSSR count). The van der Waals surface area contributed by atoms with Crippen molar-refractivity contribution in [1.29, 1.82) is 0 Å². The number of alkyl halides is 1. The van der Waals surface area contributed by atoms with Crippen molar-refractivity contribution < 1.29 is 13.6 Å². The zero-order valence-electron chi connectivity index (χ0n) is 9.84. The van der Waals surface area contributed by atoms with Crippen LogP contribution in [0.1, 0.15) is 18.4 Å². The number of carbonyl (C=O) groups excluding carboxylic acids is 1. The lowest BCUT2D eigenvalue weighted by atomic mass is 10.1. The van der Waals surface area contributed by atoms with Gasteiger partial charge in [0, 0.05) is 11.6 Å². The van der Waals surface area contributed by atoms with Crippen LogP contribution in [-0.4, -0.2) is 18.6 Å². The maximum atomic E-state index is 13.5. The van der Waals surface area contributed by atoms with Crippen LogP contribution < -0.4 is 10.6 Å². The van der Waals surface area contributed by atoms with E-state index in [0.717, 1.165) is 12.8 Å². The SMILES string of the molecule is Cc1c(N)c(N(C(=O)CF)C2CC2)cc(Cl)c1F. The standard InChI is InChI=1S/C12H13ClF2N2O/c1-6-11(15)8(13)4-9(12(6)16)17(7-2-3-7)10(18)5-14/h4,7H,2-3,5,16H2,1H3. The summed E-state index contributed by atoms with van der Waals surface area (Å²) in [6, 6.07) is 1.22. The van der Waals surface area contributed by atoms with Gasteiger partial charge in [0.05, 0.1) is 16.4 Å². The third-order valence-electron chi connectivity index (χ3n) is 3.04. The molecule has 98 valence electrons. The minimum absolute atomic E-state index is 0.0588. The summed E-state index contributed by atoms with van der Waals surface area (Å²) < 4.78 is 26.1. The van der Waals surface area contributed by atoms with E-state index in [2.05, 4.69) is 0 Å². The van der Waals surface area contributed by atoms with Crippen molar-refractivity contribution in [3.8, 4) is 0 Å². The van der Waals surface area contributed by atoms with E-state index in [-0.39, 0.29) is 22.3 Å². The molecular weight excluding hydrogens is 262 g/mol. The lowest BCUT2D eigenvalue weighted by Crippen LogP contribution is -2.35. The molecule has 1 aromatic carbocycles. The van der Waals surface area contributed by atoms with E-state index in [1.165, 1.54) is 17.9 Å². The van der Waals surface area contributed by atoms with Crippen LogP contribution in [0.15, 0.2) is 6.07 Å². The molecule has 1 saturated carbocycles. The van der Waals surface area contributed by atoms with Gasteiger partial charge < -0.3 is 10.6 Å². The number of carbonyl (C=O) groups is 1. The number of hydrogen-bond acceptors (Lipinski definition) is 2. The number of rotatable bonds is 3. The van der Waals surface area contributed by atoms with Crippen LogP contribution in [0.5, 0.6) is 0 Å². The van der Waals surface area contributed by atoms with Gasteiger partial charge in [-0.05, 0) is 25.8 Å². The third kappa shape index (κ3) is 2.14. The van der Waals surface area contributed by atoms with Gasteiger partial charge in [0.25, 0.3) is 5.91 Å². The molecule has 1 fully saturated rings. The molecule has 0 radical (unpaired) electrons. The Morgan fingerprint density at radius 3 is 2.72 bits per heavy atom. The predicted molar refractivity (Wildman–Crippen MR) is 67.0 cm³/mol. The molecule has 0 unspecified atom stereocenters. The Morgan fingerprint density at radius 1 is 1.61 bits per heavy atom. The predicted octanol–water partition coefficient (Wildman–Crippen LogP) is 2.83. The van der Waals surface area contributed by atoms with Gasteiger partial charge in [0.2, 0.25) is 0 Å². The van der Waals surface area contributed by atoms with Gasteiger partial charge in [0.1, 0.15) is 5.82 Å². The summed E-state index contributed by atoms with van der Waals surface area (Å²) in [7, 11) is 0. The Hall–Kier alpha value is -1.36. The average molecular weight is 275 g/mol. The highest BCUT2D eigenvalue weighted by Gasteiger charge is 2.35. The molecule has 6 heteroatoms. The molecular formula is C12H13ClF2N2O. The highest BCUT2D eigenvalue weighted by Crippen LogP contribution is 2.39. The topological polar surface area (TPSA) is 46.3 Å². The number of anilines is 2. The number of benzene rings is 1. The zero-order valence-corrected chi connectivity index (χ0v) is 10.6. The summed E-state index contributed by atoms with van der Waals surface area (Å²) in [4.78, 5) is 12.9. The molecule has 1 aromatic rings. The minimum atomic E-state index is -1.11. The summed E-state index contributed by atoms with van der Waals surface area (Å²) in [5.41, 5.74) is 6.40. The molecule has 0 bridgehead atoms. The first-order valence-electron chi connectivity index (χ1n) is 5.59. The van der Waals surface area contributed by atoms with Crippen LogP contribution in [0.3, 0.4) is 0 Å². The molecule has 0 aliphatic heterocycles. The first-order valence-corrected chi connectivity index (χ1v) is 5.97. The lowest BCUT2D eigenvalue weighted by Gasteiger charge is -2.24. The van der Waals surface area contributed by atoms with Crippen molar-refractivity contribution in [2.75, 3.05) is 17.3 Å². The van der Waals surface area contributed by atoms with Crippen molar-refractivity contribution in [3.05, 3.63) is 22.5 Å². The van der Waals surface area contributed by atoms with Crippen LogP contribution in [0.4, 0.5) is 20.2 Å². The fourth-order valence-electron chi connectivity index (χ4n) is 1.88. The van der Waals surface area contributed by atoms with Gasteiger partial charge in [-0.3, -0.25) is 4.79 Å². The Balaban J connectivity index is 2.51. The Labute approximate surface area is 109 Å². The second kappa shape index (κ2) is 4.72. The first-order chi connectivity index (χ1) is 8.47. The normalized spacial score (nSPS) is 14.7. The van der Waals surface area contributed by atoms with Crippen molar-refractivity contribution in [2.45, 2.75) is 25.8 Å². The van der Waals surface area contributed by atoms with E-state index in [1.807, 2.05) is 0 Å². The van der Waals surface area contributed by atoms with Crippen molar-refractivity contribution >= 4 is 28.9 Å². The van der Waals surface area contributed by atoms with Gasteiger partial charge >= 0.3 is 0 Å². The summed E-state index contributed by atoms with van der Waals surface area (Å²) in [5, 5.41) is -0.117. The summed E-state index contributed by atoms with van der Waals surface area (Å²) in [5.74, 6) is -1.28. The monoisotopic (exact) mass is 274 g/mol. The Morgan fingerprint density at radius 2 is 2.22 bits per heavy atom. The highest BCUT2D eigenvalue weighted by atomic mass is 35.5. The van der Waals surface area contributed by atoms with E-state index < -0.39 is 18.4 Å². The maximum absolute atomic E-state index is 13.5. The largest absolute Gasteiger partial charge is 0.397 e. The number of amides is 1. The van der Waals surface area contributed by atoms with Crippen LogP contribution >= 0.6 is 11.6 Å². The van der Waals surface area contributed by atoms with E-state index >= 15 is 0 Å². The second-order valence-electron chi connectivity index (χ2n) is 4.36. The van der Waals surface area contributed by atoms with Crippen molar-refractivity contribution in [1.82, 2.24) is 0 Å².